The molecule has 0 radical (unpaired) electrons. The number of carboxylic acid groups (broad SMARTS) is 1. The van der Waals surface area contributed by atoms with E-state index >= 15 is 0 Å². The quantitative estimate of drug-likeness (QED) is 0.708. The summed E-state index contributed by atoms with van der Waals surface area (Å²) >= 11 is 0. The number of nitrogens with zero attached hydrogens (tertiary/aromatic N) is 1. The lowest BCUT2D eigenvalue weighted by molar-refractivity contribution is -0.139. The molecular formula is C20H26N2O5. The van der Waals surface area contributed by atoms with Crippen LogP contribution < -0.4 is 10.1 Å². The number of likely N-dealkylation sites (tertiary alicyclic amines) is 1. The zero-order valence-corrected chi connectivity index (χ0v) is 15.4. The van der Waals surface area contributed by atoms with Crippen LogP contribution in [0.5, 0.6) is 5.75 Å². The van der Waals surface area contributed by atoms with E-state index in [1.165, 1.54) is 5.56 Å². The van der Waals surface area contributed by atoms with Gasteiger partial charge < -0.3 is 14.7 Å². The molecule has 2 aliphatic heterocycles. The Bertz CT molecular complexity index is 680. The first kappa shape index (κ1) is 19.4. The largest absolute Gasteiger partial charge is 0.481 e. The van der Waals surface area contributed by atoms with Crippen LogP contribution in [-0.2, 0) is 14.4 Å². The predicted molar refractivity (Wildman–Crippen MR) is 98.5 cm³/mol. The minimum atomic E-state index is -0.732. The first-order valence-electron chi connectivity index (χ1n) is 9.56. The fraction of sp³-hybridized carbons (Fsp3) is 0.550. The van der Waals surface area contributed by atoms with Gasteiger partial charge in [-0.1, -0.05) is 12.1 Å². The second kappa shape index (κ2) is 8.99. The third kappa shape index (κ3) is 5.53. The van der Waals surface area contributed by atoms with Gasteiger partial charge in [0.05, 0.1) is 0 Å². The monoisotopic (exact) mass is 374 g/mol. The molecule has 0 spiro atoms. The summed E-state index contributed by atoms with van der Waals surface area (Å²) < 4.78 is 5.72. The second-order valence-electron chi connectivity index (χ2n) is 7.24. The number of carboxylic acids is 1. The summed E-state index contributed by atoms with van der Waals surface area (Å²) in [6.07, 6.45) is 3.15. The number of hydrogen-bond acceptors (Lipinski definition) is 5. The van der Waals surface area contributed by atoms with E-state index in [1.54, 1.807) is 0 Å². The third-order valence-corrected chi connectivity index (χ3v) is 5.27. The molecule has 2 fully saturated rings. The Labute approximate surface area is 158 Å². The summed E-state index contributed by atoms with van der Waals surface area (Å²) in [6, 6.07) is 7.87. The van der Waals surface area contributed by atoms with Crippen molar-refractivity contribution >= 4 is 17.8 Å². The van der Waals surface area contributed by atoms with Gasteiger partial charge in [-0.05, 0) is 62.5 Å². The van der Waals surface area contributed by atoms with E-state index in [9.17, 15) is 14.4 Å². The zero-order chi connectivity index (χ0) is 19.2. The van der Waals surface area contributed by atoms with Gasteiger partial charge in [0, 0.05) is 19.3 Å². The van der Waals surface area contributed by atoms with Gasteiger partial charge in [-0.3, -0.25) is 19.7 Å². The molecule has 1 atom stereocenters. The van der Waals surface area contributed by atoms with E-state index < -0.39 is 12.1 Å². The van der Waals surface area contributed by atoms with Crippen LogP contribution in [0.25, 0.3) is 0 Å². The van der Waals surface area contributed by atoms with E-state index in [0.29, 0.717) is 30.9 Å². The van der Waals surface area contributed by atoms with E-state index in [0.717, 1.165) is 32.5 Å². The fourth-order valence-electron chi connectivity index (χ4n) is 3.71. The van der Waals surface area contributed by atoms with Gasteiger partial charge in [-0.25, -0.2) is 0 Å². The Morgan fingerprint density at radius 3 is 2.48 bits per heavy atom. The molecule has 146 valence electrons. The number of imide groups is 1. The maximum Gasteiger partial charge on any atom is 0.303 e. The van der Waals surface area contributed by atoms with Gasteiger partial charge in [0.1, 0.15) is 5.75 Å². The maximum atomic E-state index is 11.8. The third-order valence-electron chi connectivity index (χ3n) is 5.27. The average Bonchev–Trinajstić information content (AvgIpc) is 2.65. The normalized spacial score (nSPS) is 21.7. The zero-order valence-electron chi connectivity index (χ0n) is 15.4. The summed E-state index contributed by atoms with van der Waals surface area (Å²) in [6.45, 7) is 2.81. The molecule has 7 nitrogen and oxygen atoms in total. The lowest BCUT2D eigenvalue weighted by Crippen LogP contribution is -2.46. The number of piperidine rings is 2. The standard InChI is InChI=1S/C20H26N2O5/c23-18-8-7-17(20(26)21-18)27-16-5-3-14(4-6-16)15-9-12-22(13-10-15)11-1-2-19(24)25/h3-6,15,17H,1-2,7-13H2,(H,24,25)(H,21,23,26)/t17-/m0/s1. The van der Waals surface area contributed by atoms with Crippen molar-refractivity contribution < 1.29 is 24.2 Å². The first-order valence-corrected chi connectivity index (χ1v) is 9.56. The molecule has 2 heterocycles. The van der Waals surface area contributed by atoms with Crippen molar-refractivity contribution in [2.75, 3.05) is 19.6 Å². The predicted octanol–water partition coefficient (Wildman–Crippen LogP) is 1.91. The summed E-state index contributed by atoms with van der Waals surface area (Å²) in [7, 11) is 0. The lowest BCUT2D eigenvalue weighted by Gasteiger charge is -2.32. The van der Waals surface area contributed by atoms with Crippen LogP contribution in [0.1, 0.15) is 50.0 Å². The molecule has 7 heteroatoms. The maximum absolute atomic E-state index is 11.8. The van der Waals surface area contributed by atoms with Crippen LogP contribution in [0.2, 0.25) is 0 Å². The number of nitrogens with one attached hydrogen (secondary N) is 1. The van der Waals surface area contributed by atoms with Crippen molar-refractivity contribution in [3.05, 3.63) is 29.8 Å². The summed E-state index contributed by atoms with van der Waals surface area (Å²) in [5.41, 5.74) is 1.26. The van der Waals surface area contributed by atoms with Gasteiger partial charge in [0.25, 0.3) is 5.91 Å². The van der Waals surface area contributed by atoms with Gasteiger partial charge in [0.15, 0.2) is 6.10 Å². The average molecular weight is 374 g/mol. The summed E-state index contributed by atoms with van der Waals surface area (Å²) in [5, 5.41) is 11.0. The Kier molecular flexibility index (Phi) is 6.45. The SMILES string of the molecule is O=C(O)CCCN1CCC(c2ccc(O[C@H]3CCC(=O)NC3=O)cc2)CC1. The molecule has 2 amide bonds. The molecular weight excluding hydrogens is 348 g/mol. The number of benzene rings is 1. The first-order chi connectivity index (χ1) is 13.0. The van der Waals surface area contributed by atoms with Gasteiger partial charge in [-0.2, -0.15) is 0 Å². The van der Waals surface area contributed by atoms with Crippen molar-refractivity contribution in [3.63, 3.8) is 0 Å². The molecule has 1 aromatic carbocycles. The highest BCUT2D eigenvalue weighted by atomic mass is 16.5. The van der Waals surface area contributed by atoms with Crippen LogP contribution in [0.3, 0.4) is 0 Å². The smallest absolute Gasteiger partial charge is 0.303 e. The highest BCUT2D eigenvalue weighted by Gasteiger charge is 2.28. The van der Waals surface area contributed by atoms with Crippen LogP contribution in [-0.4, -0.2) is 53.5 Å². The van der Waals surface area contributed by atoms with Crippen LogP contribution >= 0.6 is 0 Å². The highest BCUT2D eigenvalue weighted by molar-refractivity contribution is 5.99. The molecule has 1 aromatic rings. The van der Waals surface area contributed by atoms with Crippen molar-refractivity contribution in [3.8, 4) is 5.75 Å². The molecule has 0 bridgehead atoms. The molecule has 2 N–H and O–H groups in total. The van der Waals surface area contributed by atoms with E-state index in [4.69, 9.17) is 9.84 Å². The number of carbonyl (C=O) groups is 3. The van der Waals surface area contributed by atoms with Crippen molar-refractivity contribution in [1.29, 1.82) is 0 Å². The van der Waals surface area contributed by atoms with E-state index in [2.05, 4.69) is 10.2 Å². The number of aliphatic carboxylic acids is 1. The number of ether oxygens (including phenoxy) is 1. The van der Waals surface area contributed by atoms with Gasteiger partial charge in [-0.15, -0.1) is 0 Å². The summed E-state index contributed by atoms with van der Waals surface area (Å²) in [5.74, 6) is -0.218. The van der Waals surface area contributed by atoms with Gasteiger partial charge in [0.2, 0.25) is 5.91 Å². The fourth-order valence-corrected chi connectivity index (χ4v) is 3.71. The van der Waals surface area contributed by atoms with Crippen LogP contribution in [0.4, 0.5) is 0 Å². The Morgan fingerprint density at radius 1 is 1.15 bits per heavy atom. The second-order valence-corrected chi connectivity index (χ2v) is 7.24. The molecule has 27 heavy (non-hydrogen) atoms. The summed E-state index contributed by atoms with van der Waals surface area (Å²) in [4.78, 5) is 35.9. The Morgan fingerprint density at radius 2 is 1.85 bits per heavy atom. The lowest BCUT2D eigenvalue weighted by atomic mass is 9.89. The van der Waals surface area contributed by atoms with Crippen LogP contribution in [0, 0.1) is 0 Å². The minimum absolute atomic E-state index is 0.231. The van der Waals surface area contributed by atoms with E-state index in [1.807, 2.05) is 24.3 Å². The molecule has 0 aliphatic carbocycles. The number of amides is 2. The van der Waals surface area contributed by atoms with E-state index in [-0.39, 0.29) is 18.2 Å². The molecule has 0 aromatic heterocycles. The Hall–Kier alpha value is -2.41. The molecule has 3 rings (SSSR count). The number of rotatable bonds is 7. The van der Waals surface area contributed by atoms with Crippen molar-refractivity contribution in [2.24, 2.45) is 0 Å². The molecule has 2 aliphatic rings. The molecule has 0 saturated carbocycles. The highest BCUT2D eigenvalue weighted by Crippen LogP contribution is 2.29. The van der Waals surface area contributed by atoms with Gasteiger partial charge >= 0.3 is 5.97 Å². The van der Waals surface area contributed by atoms with Crippen molar-refractivity contribution in [2.45, 2.75) is 50.5 Å². The number of carbonyl (C=O) groups excluding carboxylic acids is 2. The molecule has 0 unspecified atom stereocenters. The molecule has 2 saturated heterocycles. The van der Waals surface area contributed by atoms with Crippen LogP contribution in [0.15, 0.2) is 24.3 Å². The number of hydrogen-bond donors (Lipinski definition) is 2. The van der Waals surface area contributed by atoms with Crippen molar-refractivity contribution in [1.82, 2.24) is 10.2 Å². The minimum Gasteiger partial charge on any atom is -0.481 e. The Balaban J connectivity index is 1.46. The topological polar surface area (TPSA) is 95.9 Å².